The van der Waals surface area contributed by atoms with Crippen molar-refractivity contribution in [1.29, 1.82) is 0 Å². The first-order valence-corrected chi connectivity index (χ1v) is 8.12. The molecule has 0 saturated carbocycles. The van der Waals surface area contributed by atoms with E-state index < -0.39 is 0 Å². The molecule has 3 aromatic carbocycles. The Morgan fingerprint density at radius 2 is 1.40 bits per heavy atom. The smallest absolute Gasteiger partial charge is 0.201 e. The fourth-order valence-electron chi connectivity index (χ4n) is 3.10. The Morgan fingerprint density at radius 3 is 2.04 bits per heavy atom. The van der Waals surface area contributed by atoms with E-state index in [1.165, 1.54) is 0 Å². The van der Waals surface area contributed by atoms with E-state index in [9.17, 15) is 4.79 Å². The van der Waals surface area contributed by atoms with Gasteiger partial charge in [-0.3, -0.25) is 4.79 Å². The highest BCUT2D eigenvalue weighted by Gasteiger charge is 2.18. The first-order valence-electron chi connectivity index (χ1n) is 8.12. The number of benzene rings is 3. The van der Waals surface area contributed by atoms with Crippen molar-refractivity contribution >= 4 is 17.0 Å². The molecule has 4 aromatic rings. The molecule has 25 heavy (non-hydrogen) atoms. The van der Waals surface area contributed by atoms with E-state index in [0.29, 0.717) is 22.3 Å². The predicted octanol–water partition coefficient (Wildman–Crippen LogP) is 5.77. The molecule has 1 heterocycles. The van der Waals surface area contributed by atoms with E-state index in [0.717, 1.165) is 16.7 Å². The zero-order valence-electron chi connectivity index (χ0n) is 13.6. The van der Waals surface area contributed by atoms with Crippen LogP contribution < -0.4 is 5.43 Å². The minimum Gasteiger partial charge on any atom is -0.455 e. The fourth-order valence-corrected chi connectivity index (χ4v) is 3.10. The molecular weight excluding hydrogens is 308 g/mol. The number of rotatable bonds is 3. The lowest BCUT2D eigenvalue weighted by Crippen LogP contribution is -2.08. The van der Waals surface area contributed by atoms with Gasteiger partial charge in [0.1, 0.15) is 11.3 Å². The van der Waals surface area contributed by atoms with Crippen LogP contribution in [0.1, 0.15) is 5.56 Å². The average molecular weight is 324 g/mol. The molecule has 0 amide bonds. The third kappa shape index (κ3) is 2.58. The molecule has 0 aliphatic carbocycles. The van der Waals surface area contributed by atoms with Crippen LogP contribution in [0.15, 0.2) is 94.7 Å². The Labute approximate surface area is 145 Å². The van der Waals surface area contributed by atoms with Crippen molar-refractivity contribution in [2.45, 2.75) is 0 Å². The summed E-state index contributed by atoms with van der Waals surface area (Å²) in [5.74, 6) is 0.588. The summed E-state index contributed by atoms with van der Waals surface area (Å²) in [6, 6.07) is 24.9. The van der Waals surface area contributed by atoms with Gasteiger partial charge < -0.3 is 4.42 Å². The van der Waals surface area contributed by atoms with Gasteiger partial charge in [0.15, 0.2) is 0 Å². The Morgan fingerprint density at radius 1 is 0.760 bits per heavy atom. The summed E-state index contributed by atoms with van der Waals surface area (Å²) < 4.78 is 6.21. The lowest BCUT2D eigenvalue weighted by molar-refractivity contribution is 0.620. The van der Waals surface area contributed by atoms with Crippen LogP contribution in [0, 0.1) is 0 Å². The average Bonchev–Trinajstić information content (AvgIpc) is 2.68. The van der Waals surface area contributed by atoms with Crippen LogP contribution in [-0.2, 0) is 0 Å². The monoisotopic (exact) mass is 324 g/mol. The summed E-state index contributed by atoms with van der Waals surface area (Å²) >= 11 is 0. The maximum atomic E-state index is 13.4. The summed E-state index contributed by atoms with van der Waals surface area (Å²) in [6.07, 6.45) is 1.69. The Kier molecular flexibility index (Phi) is 3.79. The van der Waals surface area contributed by atoms with Crippen LogP contribution in [-0.4, -0.2) is 0 Å². The van der Waals surface area contributed by atoms with Crippen LogP contribution in [0.3, 0.4) is 0 Å². The molecule has 0 aliphatic heterocycles. The lowest BCUT2D eigenvalue weighted by Gasteiger charge is -2.11. The molecule has 0 bridgehead atoms. The SMILES string of the molecule is C=Cc1cccc2oc(-c3ccccc3)c(-c3ccccc3)c(=O)c12. The summed E-state index contributed by atoms with van der Waals surface area (Å²) in [6.45, 7) is 3.82. The van der Waals surface area contributed by atoms with E-state index in [1.807, 2.05) is 78.9 Å². The van der Waals surface area contributed by atoms with Crippen molar-refractivity contribution < 1.29 is 4.42 Å². The van der Waals surface area contributed by atoms with Crippen molar-refractivity contribution in [3.8, 4) is 22.5 Å². The molecule has 0 saturated heterocycles. The normalized spacial score (nSPS) is 10.7. The lowest BCUT2D eigenvalue weighted by atomic mass is 9.97. The largest absolute Gasteiger partial charge is 0.455 e. The van der Waals surface area contributed by atoms with Gasteiger partial charge in [0.2, 0.25) is 5.43 Å². The van der Waals surface area contributed by atoms with E-state index in [-0.39, 0.29) is 5.43 Å². The van der Waals surface area contributed by atoms with Crippen molar-refractivity contribution in [1.82, 2.24) is 0 Å². The highest BCUT2D eigenvalue weighted by Crippen LogP contribution is 2.33. The van der Waals surface area contributed by atoms with E-state index in [4.69, 9.17) is 4.42 Å². The van der Waals surface area contributed by atoms with Crippen LogP contribution in [0.5, 0.6) is 0 Å². The van der Waals surface area contributed by atoms with Gasteiger partial charge in [-0.05, 0) is 17.2 Å². The fraction of sp³-hybridized carbons (Fsp3) is 0. The molecule has 2 heteroatoms. The third-order valence-electron chi connectivity index (χ3n) is 4.27. The highest BCUT2D eigenvalue weighted by molar-refractivity contribution is 5.93. The Balaban J connectivity index is 2.18. The van der Waals surface area contributed by atoms with Gasteiger partial charge in [-0.15, -0.1) is 0 Å². The first kappa shape index (κ1) is 15.2. The van der Waals surface area contributed by atoms with Gasteiger partial charge in [-0.2, -0.15) is 0 Å². The molecule has 1 aromatic heterocycles. The minimum absolute atomic E-state index is 0.0400. The third-order valence-corrected chi connectivity index (χ3v) is 4.27. The topological polar surface area (TPSA) is 30.2 Å². The van der Waals surface area contributed by atoms with Crippen LogP contribution in [0.25, 0.3) is 39.5 Å². The van der Waals surface area contributed by atoms with Gasteiger partial charge in [0, 0.05) is 5.56 Å². The van der Waals surface area contributed by atoms with Crippen LogP contribution >= 0.6 is 0 Å². The summed E-state index contributed by atoms with van der Waals surface area (Å²) in [5.41, 5.74) is 3.61. The van der Waals surface area contributed by atoms with Gasteiger partial charge in [0.25, 0.3) is 0 Å². The predicted molar refractivity (Wildman–Crippen MR) is 103 cm³/mol. The van der Waals surface area contributed by atoms with Crippen molar-refractivity contribution in [2.24, 2.45) is 0 Å². The molecule has 4 rings (SSSR count). The molecule has 0 unspecified atom stereocenters. The molecule has 0 radical (unpaired) electrons. The van der Waals surface area contributed by atoms with Crippen LogP contribution in [0.4, 0.5) is 0 Å². The molecule has 0 aliphatic rings. The maximum absolute atomic E-state index is 13.4. The Hall–Kier alpha value is -3.39. The Bertz CT molecular complexity index is 1110. The van der Waals surface area contributed by atoms with Gasteiger partial charge >= 0.3 is 0 Å². The van der Waals surface area contributed by atoms with E-state index >= 15 is 0 Å². The summed E-state index contributed by atoms with van der Waals surface area (Å²) in [4.78, 5) is 13.4. The second-order valence-corrected chi connectivity index (χ2v) is 5.79. The van der Waals surface area contributed by atoms with Crippen LogP contribution in [0.2, 0.25) is 0 Å². The highest BCUT2D eigenvalue weighted by atomic mass is 16.3. The van der Waals surface area contributed by atoms with E-state index in [2.05, 4.69) is 6.58 Å². The standard InChI is InChI=1S/C23H16O2/c1-2-16-14-9-15-19-20(16)22(24)21(17-10-5-3-6-11-17)23(25-19)18-12-7-4-8-13-18/h2-15H,1H2. The number of hydrogen-bond acceptors (Lipinski definition) is 2. The molecule has 0 N–H and O–H groups in total. The zero-order chi connectivity index (χ0) is 17.2. The molecule has 0 atom stereocenters. The first-order chi connectivity index (χ1) is 12.3. The second kappa shape index (κ2) is 6.25. The van der Waals surface area contributed by atoms with Crippen molar-refractivity contribution in [3.05, 3.63) is 101 Å². The van der Waals surface area contributed by atoms with Gasteiger partial charge in [0.05, 0.1) is 10.9 Å². The number of hydrogen-bond donors (Lipinski definition) is 0. The summed E-state index contributed by atoms with van der Waals surface area (Å²) in [7, 11) is 0. The van der Waals surface area contributed by atoms with Gasteiger partial charge in [-0.25, -0.2) is 0 Å². The molecule has 0 spiro atoms. The van der Waals surface area contributed by atoms with Crippen molar-refractivity contribution in [2.75, 3.05) is 0 Å². The zero-order valence-corrected chi connectivity index (χ0v) is 13.6. The van der Waals surface area contributed by atoms with Gasteiger partial charge in [-0.1, -0.05) is 85.5 Å². The number of fused-ring (bicyclic) bond motifs is 1. The maximum Gasteiger partial charge on any atom is 0.201 e. The minimum atomic E-state index is -0.0400. The molecule has 0 fully saturated rings. The molecular formula is C23H16O2. The summed E-state index contributed by atoms with van der Waals surface area (Å²) in [5, 5.41) is 0.566. The van der Waals surface area contributed by atoms with Crippen molar-refractivity contribution in [3.63, 3.8) is 0 Å². The second-order valence-electron chi connectivity index (χ2n) is 5.79. The molecule has 2 nitrogen and oxygen atoms in total. The molecule has 120 valence electrons. The quantitative estimate of drug-likeness (QED) is 0.479. The van der Waals surface area contributed by atoms with E-state index in [1.54, 1.807) is 6.08 Å².